The van der Waals surface area contributed by atoms with Crippen LogP contribution in [0.15, 0.2) is 11.4 Å². The molecular formula is C11H21N5O2S. The van der Waals surface area contributed by atoms with Crippen molar-refractivity contribution in [2.24, 2.45) is 7.05 Å². The third-order valence-electron chi connectivity index (χ3n) is 3.50. The molecule has 1 aliphatic rings. The van der Waals surface area contributed by atoms with E-state index in [0.717, 1.165) is 13.1 Å². The number of hydrogen-bond donors (Lipinski definition) is 1. The number of piperazine rings is 1. The number of sulfonamides is 1. The lowest BCUT2D eigenvalue weighted by Crippen LogP contribution is -2.50. The van der Waals surface area contributed by atoms with Crippen LogP contribution in [0.25, 0.3) is 0 Å². The summed E-state index contributed by atoms with van der Waals surface area (Å²) in [5.74, 6) is 0.0637. The third-order valence-corrected chi connectivity index (χ3v) is 5.53. The van der Waals surface area contributed by atoms with Crippen molar-refractivity contribution >= 4 is 15.8 Å². The van der Waals surface area contributed by atoms with Crippen molar-refractivity contribution in [3.8, 4) is 0 Å². The highest BCUT2D eigenvalue weighted by molar-refractivity contribution is 7.89. The van der Waals surface area contributed by atoms with Crippen LogP contribution in [0, 0.1) is 0 Å². The van der Waals surface area contributed by atoms with Gasteiger partial charge in [0.05, 0.1) is 6.33 Å². The van der Waals surface area contributed by atoms with E-state index in [4.69, 9.17) is 5.73 Å². The van der Waals surface area contributed by atoms with Gasteiger partial charge in [0, 0.05) is 39.3 Å². The number of aromatic nitrogens is 2. The fraction of sp³-hybridized carbons (Fsp3) is 0.727. The maximum absolute atomic E-state index is 12.5. The summed E-state index contributed by atoms with van der Waals surface area (Å²) in [7, 11) is -1.91. The molecule has 0 saturated carbocycles. The number of nitrogen functional groups attached to an aromatic ring is 1. The molecule has 0 radical (unpaired) electrons. The molecule has 0 unspecified atom stereocenters. The quantitative estimate of drug-likeness (QED) is 0.826. The molecule has 1 aromatic heterocycles. The van der Waals surface area contributed by atoms with Crippen molar-refractivity contribution in [1.29, 1.82) is 0 Å². The number of nitrogens with two attached hydrogens (primary N) is 1. The SMILES string of the molecule is CC(C)N1CCN(S(=O)(=O)c2c(N)ncn2C)CC1. The average Bonchev–Trinajstić information content (AvgIpc) is 2.69. The maximum Gasteiger partial charge on any atom is 0.262 e. The molecule has 2 rings (SSSR count). The number of anilines is 1. The minimum Gasteiger partial charge on any atom is -0.381 e. The Labute approximate surface area is 114 Å². The fourth-order valence-electron chi connectivity index (χ4n) is 2.33. The topological polar surface area (TPSA) is 84.5 Å². The van der Waals surface area contributed by atoms with Crippen LogP contribution in [-0.4, -0.2) is 59.4 Å². The maximum atomic E-state index is 12.5. The molecule has 1 fully saturated rings. The average molecular weight is 287 g/mol. The Balaban J connectivity index is 2.19. The second-order valence-corrected chi connectivity index (χ2v) is 6.93. The molecule has 1 saturated heterocycles. The van der Waals surface area contributed by atoms with E-state index in [2.05, 4.69) is 23.7 Å². The summed E-state index contributed by atoms with van der Waals surface area (Å²) in [5.41, 5.74) is 5.66. The fourth-order valence-corrected chi connectivity index (χ4v) is 3.95. The second kappa shape index (κ2) is 5.10. The lowest BCUT2D eigenvalue weighted by molar-refractivity contribution is 0.154. The number of imidazole rings is 1. The minimum absolute atomic E-state index is 0.0637. The number of rotatable bonds is 3. The van der Waals surface area contributed by atoms with Crippen molar-refractivity contribution in [1.82, 2.24) is 18.8 Å². The van der Waals surface area contributed by atoms with E-state index in [1.54, 1.807) is 7.05 Å². The van der Waals surface area contributed by atoms with E-state index in [-0.39, 0.29) is 10.8 Å². The normalized spacial score (nSPS) is 19.2. The van der Waals surface area contributed by atoms with Crippen molar-refractivity contribution < 1.29 is 8.42 Å². The molecule has 8 heteroatoms. The van der Waals surface area contributed by atoms with Crippen LogP contribution in [-0.2, 0) is 17.1 Å². The van der Waals surface area contributed by atoms with Gasteiger partial charge < -0.3 is 10.3 Å². The van der Waals surface area contributed by atoms with Gasteiger partial charge in [0.25, 0.3) is 10.0 Å². The molecule has 2 heterocycles. The molecule has 0 aliphatic carbocycles. The molecule has 0 bridgehead atoms. The molecule has 0 atom stereocenters. The van der Waals surface area contributed by atoms with E-state index in [1.807, 2.05) is 0 Å². The molecule has 0 spiro atoms. The molecule has 7 nitrogen and oxygen atoms in total. The Hall–Kier alpha value is -1.12. The zero-order valence-corrected chi connectivity index (χ0v) is 12.4. The first kappa shape index (κ1) is 14.3. The van der Waals surface area contributed by atoms with Crippen LogP contribution < -0.4 is 5.73 Å². The molecule has 2 N–H and O–H groups in total. The van der Waals surface area contributed by atoms with Gasteiger partial charge in [-0.05, 0) is 13.8 Å². The van der Waals surface area contributed by atoms with Gasteiger partial charge in [0.15, 0.2) is 10.8 Å². The Morgan fingerprint density at radius 3 is 2.26 bits per heavy atom. The summed E-state index contributed by atoms with van der Waals surface area (Å²) in [4.78, 5) is 6.11. The minimum atomic E-state index is -3.55. The highest BCUT2D eigenvalue weighted by Gasteiger charge is 2.32. The van der Waals surface area contributed by atoms with Gasteiger partial charge >= 0.3 is 0 Å². The van der Waals surface area contributed by atoms with Crippen molar-refractivity contribution in [3.63, 3.8) is 0 Å². The van der Waals surface area contributed by atoms with Crippen molar-refractivity contribution in [2.75, 3.05) is 31.9 Å². The molecule has 19 heavy (non-hydrogen) atoms. The monoisotopic (exact) mass is 287 g/mol. The largest absolute Gasteiger partial charge is 0.381 e. The van der Waals surface area contributed by atoms with Crippen LogP contribution in [0.3, 0.4) is 0 Å². The Bertz CT molecular complexity index is 524. The van der Waals surface area contributed by atoms with Gasteiger partial charge in [0.2, 0.25) is 0 Å². The predicted octanol–water partition coefficient (Wildman–Crippen LogP) is -0.283. The van der Waals surface area contributed by atoms with Gasteiger partial charge in [-0.2, -0.15) is 4.31 Å². The van der Waals surface area contributed by atoms with Crippen LogP contribution in [0.2, 0.25) is 0 Å². The van der Waals surface area contributed by atoms with Crippen LogP contribution in [0.1, 0.15) is 13.8 Å². The molecule has 1 aromatic rings. The van der Waals surface area contributed by atoms with E-state index in [0.29, 0.717) is 19.1 Å². The predicted molar refractivity (Wildman–Crippen MR) is 73.1 cm³/mol. The lowest BCUT2D eigenvalue weighted by atomic mass is 10.3. The third kappa shape index (κ3) is 2.60. The summed E-state index contributed by atoms with van der Waals surface area (Å²) in [5, 5.41) is 0.0884. The van der Waals surface area contributed by atoms with Gasteiger partial charge in [0.1, 0.15) is 0 Å². The summed E-state index contributed by atoms with van der Waals surface area (Å²) < 4.78 is 28.0. The van der Waals surface area contributed by atoms with Crippen molar-refractivity contribution in [3.05, 3.63) is 6.33 Å². The van der Waals surface area contributed by atoms with E-state index < -0.39 is 10.0 Å². The highest BCUT2D eigenvalue weighted by atomic mass is 32.2. The standard InChI is InChI=1S/C11H21N5O2S/c1-9(2)15-4-6-16(7-5-15)19(17,18)11-10(12)13-8-14(11)3/h8-9H,4-7,12H2,1-3H3. The van der Waals surface area contributed by atoms with E-state index in [1.165, 1.54) is 15.2 Å². The van der Waals surface area contributed by atoms with Gasteiger partial charge in [-0.25, -0.2) is 13.4 Å². The van der Waals surface area contributed by atoms with Gasteiger partial charge in [-0.15, -0.1) is 0 Å². The highest BCUT2D eigenvalue weighted by Crippen LogP contribution is 2.22. The van der Waals surface area contributed by atoms with Crippen LogP contribution in [0.4, 0.5) is 5.82 Å². The smallest absolute Gasteiger partial charge is 0.262 e. The zero-order valence-electron chi connectivity index (χ0n) is 11.6. The second-order valence-electron chi connectivity index (χ2n) is 5.08. The van der Waals surface area contributed by atoms with Crippen LogP contribution >= 0.6 is 0 Å². The molecule has 1 aliphatic heterocycles. The van der Waals surface area contributed by atoms with E-state index >= 15 is 0 Å². The Morgan fingerprint density at radius 1 is 1.26 bits per heavy atom. The molecular weight excluding hydrogens is 266 g/mol. The Morgan fingerprint density at radius 2 is 1.84 bits per heavy atom. The zero-order chi connectivity index (χ0) is 14.2. The van der Waals surface area contributed by atoms with Crippen LogP contribution in [0.5, 0.6) is 0 Å². The van der Waals surface area contributed by atoms with Crippen molar-refractivity contribution in [2.45, 2.75) is 24.9 Å². The van der Waals surface area contributed by atoms with E-state index in [9.17, 15) is 8.42 Å². The lowest BCUT2D eigenvalue weighted by Gasteiger charge is -2.36. The molecule has 108 valence electrons. The molecule has 0 aromatic carbocycles. The first-order chi connectivity index (χ1) is 8.84. The summed E-state index contributed by atoms with van der Waals surface area (Å²) in [6.45, 7) is 6.70. The van der Waals surface area contributed by atoms with Gasteiger partial charge in [-0.1, -0.05) is 0 Å². The first-order valence-electron chi connectivity index (χ1n) is 6.35. The Kier molecular flexibility index (Phi) is 3.84. The summed E-state index contributed by atoms with van der Waals surface area (Å²) in [6.07, 6.45) is 1.42. The number of hydrogen-bond acceptors (Lipinski definition) is 5. The van der Waals surface area contributed by atoms with Gasteiger partial charge in [-0.3, -0.25) is 4.90 Å². The number of nitrogens with zero attached hydrogens (tertiary/aromatic N) is 4. The first-order valence-corrected chi connectivity index (χ1v) is 7.79. The summed E-state index contributed by atoms with van der Waals surface area (Å²) in [6, 6.07) is 0.437. The number of aryl methyl sites for hydroxylation is 1. The summed E-state index contributed by atoms with van der Waals surface area (Å²) >= 11 is 0. The molecule has 0 amide bonds.